The van der Waals surface area contributed by atoms with Crippen molar-refractivity contribution in [3.63, 3.8) is 0 Å². The summed E-state index contributed by atoms with van der Waals surface area (Å²) in [5.41, 5.74) is 0. The lowest BCUT2D eigenvalue weighted by molar-refractivity contribution is -0.131. The number of nitrogens with one attached hydrogen (secondary N) is 1. The maximum absolute atomic E-state index is 11.0. The Morgan fingerprint density at radius 2 is 2.00 bits per heavy atom. The van der Waals surface area contributed by atoms with Crippen molar-refractivity contribution in [2.75, 3.05) is 33.5 Å². The van der Waals surface area contributed by atoms with Crippen molar-refractivity contribution in [2.24, 2.45) is 0 Å². The van der Waals surface area contributed by atoms with E-state index in [9.17, 15) is 9.59 Å². The number of hydrogen-bond acceptors (Lipinski definition) is 4. The molecular formula is C10H17NO5. The van der Waals surface area contributed by atoms with Gasteiger partial charge in [0.05, 0.1) is 13.2 Å². The van der Waals surface area contributed by atoms with Crippen LogP contribution in [0.15, 0.2) is 12.2 Å². The zero-order valence-electron chi connectivity index (χ0n) is 9.27. The summed E-state index contributed by atoms with van der Waals surface area (Å²) in [6.07, 6.45) is 2.45. The van der Waals surface area contributed by atoms with E-state index in [1.165, 1.54) is 0 Å². The molecule has 92 valence electrons. The van der Waals surface area contributed by atoms with Gasteiger partial charge in [-0.1, -0.05) is 0 Å². The lowest BCUT2D eigenvalue weighted by Gasteiger charge is -2.03. The van der Waals surface area contributed by atoms with E-state index >= 15 is 0 Å². The van der Waals surface area contributed by atoms with Gasteiger partial charge in [0.15, 0.2) is 0 Å². The minimum atomic E-state index is -1.14. The number of aliphatic carboxylic acids is 1. The first-order valence-corrected chi connectivity index (χ1v) is 4.92. The van der Waals surface area contributed by atoms with Crippen LogP contribution in [0.4, 0.5) is 0 Å². The Morgan fingerprint density at radius 1 is 1.25 bits per heavy atom. The smallest absolute Gasteiger partial charge is 0.328 e. The Morgan fingerprint density at radius 3 is 2.62 bits per heavy atom. The lowest BCUT2D eigenvalue weighted by Crippen LogP contribution is -2.23. The Hall–Kier alpha value is -1.40. The molecule has 6 heteroatoms. The zero-order chi connectivity index (χ0) is 12.2. The number of carbonyl (C=O) groups is 2. The van der Waals surface area contributed by atoms with Crippen molar-refractivity contribution in [1.82, 2.24) is 5.32 Å². The van der Waals surface area contributed by atoms with E-state index in [4.69, 9.17) is 14.6 Å². The van der Waals surface area contributed by atoms with Crippen LogP contribution in [0.1, 0.15) is 6.42 Å². The fraction of sp³-hybridized carbons (Fsp3) is 0.600. The summed E-state index contributed by atoms with van der Waals surface area (Å²) in [6, 6.07) is 0. The van der Waals surface area contributed by atoms with Gasteiger partial charge in [-0.25, -0.2) is 4.79 Å². The molecule has 0 radical (unpaired) electrons. The van der Waals surface area contributed by atoms with Crippen molar-refractivity contribution < 1.29 is 24.2 Å². The monoisotopic (exact) mass is 231 g/mol. The second-order valence-corrected chi connectivity index (χ2v) is 2.92. The van der Waals surface area contributed by atoms with Gasteiger partial charge in [-0.2, -0.15) is 0 Å². The predicted molar refractivity (Wildman–Crippen MR) is 57.1 cm³/mol. The van der Waals surface area contributed by atoms with E-state index in [1.807, 2.05) is 0 Å². The highest BCUT2D eigenvalue weighted by atomic mass is 16.5. The van der Waals surface area contributed by atoms with Gasteiger partial charge in [0.25, 0.3) is 0 Å². The number of hydrogen-bond donors (Lipinski definition) is 2. The number of carboxylic acid groups (broad SMARTS) is 1. The molecule has 0 aromatic rings. The van der Waals surface area contributed by atoms with Crippen molar-refractivity contribution >= 4 is 11.9 Å². The Labute approximate surface area is 94.2 Å². The van der Waals surface area contributed by atoms with E-state index in [2.05, 4.69) is 5.32 Å². The molecule has 0 atom stereocenters. The third kappa shape index (κ3) is 10.7. The van der Waals surface area contributed by atoms with Gasteiger partial charge in [-0.15, -0.1) is 0 Å². The van der Waals surface area contributed by atoms with Crippen LogP contribution in [0.3, 0.4) is 0 Å². The van der Waals surface area contributed by atoms with E-state index in [-0.39, 0.29) is 0 Å². The van der Waals surface area contributed by atoms with Crippen LogP contribution >= 0.6 is 0 Å². The summed E-state index contributed by atoms with van der Waals surface area (Å²) in [5.74, 6) is -1.56. The summed E-state index contributed by atoms with van der Waals surface area (Å²) < 4.78 is 9.95. The summed E-state index contributed by atoms with van der Waals surface area (Å²) >= 11 is 0. The molecule has 0 fully saturated rings. The molecule has 0 aliphatic rings. The second kappa shape index (κ2) is 10.1. The number of carbonyl (C=O) groups excluding carboxylic acids is 1. The second-order valence-electron chi connectivity index (χ2n) is 2.92. The molecule has 0 aliphatic carbocycles. The normalized spacial score (nSPS) is 10.6. The number of amides is 1. The molecule has 1 amide bonds. The van der Waals surface area contributed by atoms with Crippen LogP contribution in [0, 0.1) is 0 Å². The molecule has 0 spiro atoms. The molecule has 6 nitrogen and oxygen atoms in total. The van der Waals surface area contributed by atoms with Crippen LogP contribution < -0.4 is 5.32 Å². The van der Waals surface area contributed by atoms with Gasteiger partial charge in [-0.3, -0.25) is 4.79 Å². The first-order chi connectivity index (χ1) is 7.66. The highest BCUT2D eigenvalue weighted by Crippen LogP contribution is 1.82. The quantitative estimate of drug-likeness (QED) is 0.424. The first-order valence-electron chi connectivity index (χ1n) is 4.92. The summed E-state index contributed by atoms with van der Waals surface area (Å²) in [6.45, 7) is 2.07. The van der Waals surface area contributed by atoms with Crippen LogP contribution in [0.2, 0.25) is 0 Å². The largest absolute Gasteiger partial charge is 0.478 e. The van der Waals surface area contributed by atoms with Gasteiger partial charge in [0, 0.05) is 32.4 Å². The third-order valence-electron chi connectivity index (χ3n) is 1.57. The Bertz CT molecular complexity index is 239. The SMILES string of the molecule is COCCOCCCNC(=O)/C=C/C(=O)O. The van der Waals surface area contributed by atoms with E-state index in [0.29, 0.717) is 32.8 Å². The minimum absolute atomic E-state index is 0.417. The van der Waals surface area contributed by atoms with E-state index in [1.54, 1.807) is 7.11 Å². The predicted octanol–water partition coefficient (Wildman–Crippen LogP) is -0.203. The third-order valence-corrected chi connectivity index (χ3v) is 1.57. The van der Waals surface area contributed by atoms with Crippen LogP contribution in [-0.2, 0) is 19.1 Å². The molecule has 0 aliphatic heterocycles. The van der Waals surface area contributed by atoms with E-state index in [0.717, 1.165) is 12.2 Å². The Balaban J connectivity index is 3.31. The average molecular weight is 231 g/mol. The summed E-state index contributed by atoms with van der Waals surface area (Å²) in [5, 5.41) is 10.8. The van der Waals surface area contributed by atoms with E-state index < -0.39 is 11.9 Å². The molecule has 16 heavy (non-hydrogen) atoms. The fourth-order valence-corrected chi connectivity index (χ4v) is 0.836. The number of ether oxygens (including phenoxy) is 2. The van der Waals surface area contributed by atoms with Crippen molar-refractivity contribution in [3.05, 3.63) is 12.2 Å². The maximum atomic E-state index is 11.0. The number of carboxylic acids is 1. The molecule has 0 saturated heterocycles. The summed E-state index contributed by atoms with van der Waals surface area (Å²) in [7, 11) is 1.60. The molecule has 2 N–H and O–H groups in total. The topological polar surface area (TPSA) is 84.9 Å². The molecule has 0 saturated carbocycles. The van der Waals surface area contributed by atoms with Gasteiger partial charge in [0.2, 0.25) is 5.91 Å². The molecule has 0 unspecified atom stereocenters. The molecule has 0 aromatic carbocycles. The van der Waals surface area contributed by atoms with Crippen molar-refractivity contribution in [1.29, 1.82) is 0 Å². The first kappa shape index (κ1) is 14.6. The minimum Gasteiger partial charge on any atom is -0.478 e. The zero-order valence-corrected chi connectivity index (χ0v) is 9.27. The van der Waals surface area contributed by atoms with Crippen LogP contribution in [0.25, 0.3) is 0 Å². The number of rotatable bonds is 9. The Kier molecular flexibility index (Phi) is 9.24. The maximum Gasteiger partial charge on any atom is 0.328 e. The molecule has 0 rings (SSSR count). The fourth-order valence-electron chi connectivity index (χ4n) is 0.836. The molecule has 0 heterocycles. The molecular weight excluding hydrogens is 214 g/mol. The highest BCUT2D eigenvalue weighted by Gasteiger charge is 1.96. The van der Waals surface area contributed by atoms with Crippen molar-refractivity contribution in [2.45, 2.75) is 6.42 Å². The van der Waals surface area contributed by atoms with Crippen LogP contribution in [0.5, 0.6) is 0 Å². The summed E-state index contributed by atoms with van der Waals surface area (Å²) in [4.78, 5) is 21.0. The van der Waals surface area contributed by atoms with Gasteiger partial charge >= 0.3 is 5.97 Å². The van der Waals surface area contributed by atoms with Crippen molar-refractivity contribution in [3.8, 4) is 0 Å². The lowest BCUT2D eigenvalue weighted by atomic mass is 10.4. The standard InChI is InChI=1S/C10H17NO5/c1-15-7-8-16-6-2-5-11-9(12)3-4-10(13)14/h3-4H,2,5-8H2,1H3,(H,11,12)(H,13,14)/b4-3+. The molecule has 0 aromatic heterocycles. The highest BCUT2D eigenvalue weighted by molar-refractivity contribution is 5.93. The van der Waals surface area contributed by atoms with Gasteiger partial charge in [0.1, 0.15) is 0 Å². The van der Waals surface area contributed by atoms with Crippen LogP contribution in [-0.4, -0.2) is 50.5 Å². The number of methoxy groups -OCH3 is 1. The van der Waals surface area contributed by atoms with Gasteiger partial charge < -0.3 is 19.9 Å². The molecule has 0 bridgehead atoms. The van der Waals surface area contributed by atoms with Gasteiger partial charge in [-0.05, 0) is 6.42 Å². The average Bonchev–Trinajstić information content (AvgIpc) is 2.25.